The van der Waals surface area contributed by atoms with Crippen molar-refractivity contribution in [3.05, 3.63) is 40.9 Å². The van der Waals surface area contributed by atoms with Crippen LogP contribution in [0.1, 0.15) is 37.7 Å². The van der Waals surface area contributed by atoms with E-state index >= 15 is 0 Å². The predicted octanol–water partition coefficient (Wildman–Crippen LogP) is 4.05. The van der Waals surface area contributed by atoms with E-state index in [0.29, 0.717) is 24.5 Å². The van der Waals surface area contributed by atoms with Crippen molar-refractivity contribution in [2.45, 2.75) is 44.7 Å². The maximum atomic E-state index is 13.2. The molecule has 1 aliphatic rings. The summed E-state index contributed by atoms with van der Waals surface area (Å²) in [6, 6.07) is 6.91. The Bertz CT molecular complexity index is 673. The number of aromatic nitrogens is 3. The average molecular weight is 350 g/mol. The second-order valence-electron chi connectivity index (χ2n) is 6.02. The number of nitrogens with one attached hydrogen (secondary N) is 1. The molecule has 0 aliphatic heterocycles. The van der Waals surface area contributed by atoms with Crippen LogP contribution in [0, 0.1) is 5.82 Å². The monoisotopic (exact) mass is 349 g/mol. The van der Waals surface area contributed by atoms with Crippen LogP contribution in [0.25, 0.3) is 0 Å². The lowest BCUT2D eigenvalue weighted by Crippen LogP contribution is -2.37. The maximum absolute atomic E-state index is 13.2. The zero-order valence-corrected chi connectivity index (χ0v) is 14.4. The van der Waals surface area contributed by atoms with Crippen molar-refractivity contribution in [1.82, 2.24) is 15.0 Å². The van der Waals surface area contributed by atoms with E-state index in [9.17, 15) is 4.39 Å². The quantitative estimate of drug-likeness (QED) is 0.882. The molecule has 1 aliphatic carbocycles. The summed E-state index contributed by atoms with van der Waals surface area (Å²) in [4.78, 5) is 15.0. The van der Waals surface area contributed by atoms with E-state index in [-0.39, 0.29) is 11.1 Å². The summed E-state index contributed by atoms with van der Waals surface area (Å²) in [6.07, 6.45) is 5.85. The van der Waals surface area contributed by atoms with Crippen LogP contribution in [-0.2, 0) is 6.54 Å². The van der Waals surface area contributed by atoms with Crippen molar-refractivity contribution in [2.75, 3.05) is 17.3 Å². The van der Waals surface area contributed by atoms with E-state index in [4.69, 9.17) is 11.6 Å². The molecule has 1 aromatic carbocycles. The molecule has 128 valence electrons. The molecule has 1 heterocycles. The first-order valence-electron chi connectivity index (χ1n) is 8.26. The number of benzene rings is 1. The molecule has 1 N–H and O–H groups in total. The van der Waals surface area contributed by atoms with E-state index in [0.717, 1.165) is 18.4 Å². The fraction of sp³-hybridized carbons (Fsp3) is 0.471. The third-order valence-corrected chi connectivity index (χ3v) is 4.53. The van der Waals surface area contributed by atoms with Gasteiger partial charge in [0, 0.05) is 19.6 Å². The van der Waals surface area contributed by atoms with Crippen molar-refractivity contribution in [1.29, 1.82) is 0 Å². The maximum Gasteiger partial charge on any atom is 0.232 e. The van der Waals surface area contributed by atoms with Gasteiger partial charge in [-0.2, -0.15) is 15.0 Å². The minimum Gasteiger partial charge on any atom is -0.357 e. The highest BCUT2D eigenvalue weighted by Crippen LogP contribution is 2.28. The van der Waals surface area contributed by atoms with Gasteiger partial charge in [-0.25, -0.2) is 4.39 Å². The second-order valence-corrected chi connectivity index (χ2v) is 6.36. The Hall–Kier alpha value is -1.95. The van der Waals surface area contributed by atoms with Gasteiger partial charge in [0.25, 0.3) is 0 Å². The van der Waals surface area contributed by atoms with Crippen LogP contribution in [0.5, 0.6) is 0 Å². The molecule has 0 amide bonds. The van der Waals surface area contributed by atoms with Crippen molar-refractivity contribution < 1.29 is 4.39 Å². The van der Waals surface area contributed by atoms with Gasteiger partial charge in [0.15, 0.2) is 0 Å². The summed E-state index contributed by atoms with van der Waals surface area (Å²) in [7, 11) is 1.75. The topological polar surface area (TPSA) is 53.9 Å². The van der Waals surface area contributed by atoms with Gasteiger partial charge in [-0.15, -0.1) is 0 Å². The lowest BCUT2D eigenvalue weighted by molar-refractivity contribution is 0.408. The minimum atomic E-state index is -0.233. The second kappa shape index (κ2) is 7.75. The molecule has 0 atom stereocenters. The molecule has 0 unspecified atom stereocenters. The van der Waals surface area contributed by atoms with Crippen LogP contribution >= 0.6 is 11.6 Å². The van der Waals surface area contributed by atoms with Crippen LogP contribution in [0.15, 0.2) is 24.3 Å². The van der Waals surface area contributed by atoms with Gasteiger partial charge in [-0.3, -0.25) is 0 Å². The number of anilines is 2. The van der Waals surface area contributed by atoms with Gasteiger partial charge in [0.1, 0.15) is 5.82 Å². The Balaban J connectivity index is 1.91. The Labute approximate surface area is 146 Å². The molecule has 2 aromatic rings. The van der Waals surface area contributed by atoms with Gasteiger partial charge >= 0.3 is 0 Å². The summed E-state index contributed by atoms with van der Waals surface area (Å²) >= 11 is 6.06. The average Bonchev–Trinajstić information content (AvgIpc) is 2.61. The number of hydrogen-bond acceptors (Lipinski definition) is 5. The number of hydrogen-bond donors (Lipinski definition) is 1. The highest BCUT2D eigenvalue weighted by atomic mass is 35.5. The summed E-state index contributed by atoms with van der Waals surface area (Å²) < 4.78 is 13.2. The zero-order chi connectivity index (χ0) is 16.9. The molecule has 0 saturated heterocycles. The van der Waals surface area contributed by atoms with E-state index in [1.807, 2.05) is 0 Å². The van der Waals surface area contributed by atoms with Gasteiger partial charge < -0.3 is 10.2 Å². The first kappa shape index (κ1) is 16.9. The molecule has 7 heteroatoms. The molecule has 24 heavy (non-hydrogen) atoms. The van der Waals surface area contributed by atoms with Crippen LogP contribution in [0.3, 0.4) is 0 Å². The Morgan fingerprint density at radius 1 is 1.12 bits per heavy atom. The highest BCUT2D eigenvalue weighted by molar-refractivity contribution is 6.28. The van der Waals surface area contributed by atoms with Crippen molar-refractivity contribution in [3.63, 3.8) is 0 Å². The summed E-state index contributed by atoms with van der Waals surface area (Å²) in [5.41, 5.74) is 1.02. The molecule has 1 fully saturated rings. The van der Waals surface area contributed by atoms with Gasteiger partial charge in [-0.1, -0.05) is 31.4 Å². The fourth-order valence-electron chi connectivity index (χ4n) is 3.12. The molecule has 1 saturated carbocycles. The molecular weight excluding hydrogens is 329 g/mol. The van der Waals surface area contributed by atoms with E-state index in [1.165, 1.54) is 31.4 Å². The summed E-state index contributed by atoms with van der Waals surface area (Å²) in [6.45, 7) is 0.619. The standard InChI is InChI=1S/C17H21ClFN5/c1-20-16-21-15(18)22-17(23-16)24(14-5-3-2-4-6-14)11-12-7-9-13(19)10-8-12/h7-10,14H,2-6,11H2,1H3,(H,20,21,22,23). The molecular formula is C17H21ClFN5. The molecule has 0 bridgehead atoms. The first-order valence-corrected chi connectivity index (χ1v) is 8.64. The highest BCUT2D eigenvalue weighted by Gasteiger charge is 2.24. The third-order valence-electron chi connectivity index (χ3n) is 4.36. The Kier molecular flexibility index (Phi) is 5.45. The normalized spacial score (nSPS) is 15.3. The lowest BCUT2D eigenvalue weighted by atomic mass is 9.94. The molecule has 3 rings (SSSR count). The minimum absolute atomic E-state index is 0.171. The Morgan fingerprint density at radius 2 is 1.83 bits per heavy atom. The summed E-state index contributed by atoms with van der Waals surface area (Å²) in [5.74, 6) is 0.782. The van der Waals surface area contributed by atoms with E-state index < -0.39 is 0 Å². The van der Waals surface area contributed by atoms with E-state index in [2.05, 4.69) is 25.2 Å². The molecule has 1 aromatic heterocycles. The molecule has 0 spiro atoms. The van der Waals surface area contributed by atoms with Crippen LogP contribution in [-0.4, -0.2) is 28.0 Å². The number of nitrogens with zero attached hydrogens (tertiary/aromatic N) is 4. The van der Waals surface area contributed by atoms with Crippen molar-refractivity contribution in [3.8, 4) is 0 Å². The number of rotatable bonds is 5. The largest absolute Gasteiger partial charge is 0.357 e. The summed E-state index contributed by atoms with van der Waals surface area (Å²) in [5, 5.41) is 3.09. The molecule has 5 nitrogen and oxygen atoms in total. The van der Waals surface area contributed by atoms with Gasteiger partial charge in [0.05, 0.1) is 0 Å². The zero-order valence-electron chi connectivity index (χ0n) is 13.7. The smallest absolute Gasteiger partial charge is 0.232 e. The fourth-order valence-corrected chi connectivity index (χ4v) is 3.28. The van der Waals surface area contributed by atoms with Crippen LogP contribution < -0.4 is 10.2 Å². The lowest BCUT2D eigenvalue weighted by Gasteiger charge is -2.34. The van der Waals surface area contributed by atoms with Crippen molar-refractivity contribution in [2.24, 2.45) is 0 Å². The SMILES string of the molecule is CNc1nc(Cl)nc(N(Cc2ccc(F)cc2)C2CCCCC2)n1. The molecule has 0 radical (unpaired) electrons. The van der Waals surface area contributed by atoms with Crippen LogP contribution in [0.2, 0.25) is 5.28 Å². The van der Waals surface area contributed by atoms with Crippen molar-refractivity contribution >= 4 is 23.5 Å². The van der Waals surface area contributed by atoms with Gasteiger partial charge in [-0.05, 0) is 42.1 Å². The van der Waals surface area contributed by atoms with Crippen LogP contribution in [0.4, 0.5) is 16.3 Å². The van der Waals surface area contributed by atoms with E-state index in [1.54, 1.807) is 19.2 Å². The third kappa shape index (κ3) is 4.12. The Morgan fingerprint density at radius 3 is 2.50 bits per heavy atom. The predicted molar refractivity (Wildman–Crippen MR) is 93.8 cm³/mol. The van der Waals surface area contributed by atoms with Gasteiger partial charge in [0.2, 0.25) is 17.2 Å². The first-order chi connectivity index (χ1) is 11.7. The number of halogens is 2.